The van der Waals surface area contributed by atoms with Gasteiger partial charge >= 0.3 is 5.97 Å². The molecule has 0 aromatic carbocycles. The topological polar surface area (TPSA) is 93.1 Å². The first-order valence-electron chi connectivity index (χ1n) is 11.0. The van der Waals surface area contributed by atoms with E-state index in [2.05, 4.69) is 10.2 Å². The van der Waals surface area contributed by atoms with Crippen molar-refractivity contribution in [1.29, 1.82) is 0 Å². The first-order valence-corrected chi connectivity index (χ1v) is 11.8. The Balaban J connectivity index is 1.37. The normalized spacial score (nSPS) is 34.4. The maximum absolute atomic E-state index is 12.5. The number of aliphatic hydroxyl groups excluding tert-OH is 1. The molecule has 0 saturated carbocycles. The Bertz CT molecular complexity index is 691. The highest BCUT2D eigenvalue weighted by molar-refractivity contribution is 8.03. The van der Waals surface area contributed by atoms with Crippen LogP contribution in [0.15, 0.2) is 10.6 Å². The van der Waals surface area contributed by atoms with Gasteiger partial charge < -0.3 is 25.3 Å². The molecule has 4 aliphatic rings. The van der Waals surface area contributed by atoms with Crippen molar-refractivity contribution in [2.24, 2.45) is 17.8 Å². The van der Waals surface area contributed by atoms with E-state index >= 15 is 0 Å². The Morgan fingerprint density at radius 2 is 2.03 bits per heavy atom. The van der Waals surface area contributed by atoms with Gasteiger partial charge in [0.05, 0.1) is 18.1 Å². The molecule has 8 heteroatoms. The smallest absolute Gasteiger partial charge is 0.353 e. The molecule has 0 aromatic rings. The summed E-state index contributed by atoms with van der Waals surface area (Å²) in [6, 6.07) is -0.214. The van der Waals surface area contributed by atoms with Crippen molar-refractivity contribution in [3.63, 3.8) is 0 Å². The Kier molecular flexibility index (Phi) is 6.25. The largest absolute Gasteiger partial charge is 0.477 e. The number of rotatable bonds is 7. The lowest BCUT2D eigenvalue weighted by Crippen LogP contribution is -2.63. The number of fused-ring (bicyclic) bond motifs is 1. The van der Waals surface area contributed by atoms with E-state index in [1.807, 2.05) is 6.92 Å². The van der Waals surface area contributed by atoms with E-state index in [-0.39, 0.29) is 23.6 Å². The van der Waals surface area contributed by atoms with Gasteiger partial charge in [-0.25, -0.2) is 4.79 Å². The minimum atomic E-state index is -1.03. The lowest BCUT2D eigenvalue weighted by Gasteiger charge is -2.46. The minimum absolute atomic E-state index is 0.0350. The SMILES string of the molecule is CC(O)[C@H]1C(=O)N2C(C(=O)O)=C(S[C@@H]3CCN(CCC4CCNCC4)C3)[C@H](C)[C@H]12. The molecule has 5 atom stereocenters. The van der Waals surface area contributed by atoms with Gasteiger partial charge in [-0.1, -0.05) is 6.92 Å². The number of nitrogens with zero attached hydrogens (tertiary/aromatic N) is 2. The van der Waals surface area contributed by atoms with Gasteiger partial charge in [-0.05, 0) is 64.7 Å². The van der Waals surface area contributed by atoms with E-state index < -0.39 is 18.0 Å². The number of carbonyl (C=O) groups is 2. The summed E-state index contributed by atoms with van der Waals surface area (Å²) in [6.07, 6.45) is 4.10. The van der Waals surface area contributed by atoms with Crippen molar-refractivity contribution >= 4 is 23.6 Å². The number of amides is 1. The lowest BCUT2D eigenvalue weighted by molar-refractivity contribution is -0.163. The molecule has 0 spiro atoms. The molecule has 1 unspecified atom stereocenters. The first-order chi connectivity index (χ1) is 13.9. The molecular formula is C21H33N3O4S. The van der Waals surface area contributed by atoms with Crippen LogP contribution in [0.25, 0.3) is 0 Å². The third kappa shape index (κ3) is 3.96. The Labute approximate surface area is 176 Å². The number of hydrogen-bond acceptors (Lipinski definition) is 6. The van der Waals surface area contributed by atoms with Crippen molar-refractivity contribution in [2.75, 3.05) is 32.7 Å². The maximum atomic E-state index is 12.5. The van der Waals surface area contributed by atoms with E-state index in [9.17, 15) is 19.8 Å². The van der Waals surface area contributed by atoms with Gasteiger partial charge in [0, 0.05) is 22.6 Å². The van der Waals surface area contributed by atoms with Crippen LogP contribution in [0, 0.1) is 17.8 Å². The molecule has 4 heterocycles. The number of thioether (sulfide) groups is 1. The van der Waals surface area contributed by atoms with Crippen molar-refractivity contribution < 1.29 is 19.8 Å². The van der Waals surface area contributed by atoms with Crippen molar-refractivity contribution in [1.82, 2.24) is 15.1 Å². The quantitative estimate of drug-likeness (QED) is 0.532. The monoisotopic (exact) mass is 423 g/mol. The summed E-state index contributed by atoms with van der Waals surface area (Å²) in [5.41, 5.74) is 0.155. The van der Waals surface area contributed by atoms with Crippen LogP contribution in [0.3, 0.4) is 0 Å². The lowest BCUT2D eigenvalue weighted by atomic mass is 9.79. The summed E-state index contributed by atoms with van der Waals surface area (Å²) in [7, 11) is 0. The van der Waals surface area contributed by atoms with Crippen LogP contribution in [0.4, 0.5) is 0 Å². The van der Waals surface area contributed by atoms with Crippen LogP contribution < -0.4 is 5.32 Å². The molecule has 4 rings (SSSR count). The fraction of sp³-hybridized carbons (Fsp3) is 0.810. The summed E-state index contributed by atoms with van der Waals surface area (Å²) in [6.45, 7) is 9.07. The zero-order valence-corrected chi connectivity index (χ0v) is 18.2. The Hall–Kier alpha value is -1.09. The van der Waals surface area contributed by atoms with Crippen LogP contribution in [-0.4, -0.2) is 82.0 Å². The van der Waals surface area contributed by atoms with E-state index in [4.69, 9.17) is 0 Å². The third-order valence-corrected chi connectivity index (χ3v) is 8.68. The first kappa shape index (κ1) is 21.2. The number of nitrogens with one attached hydrogen (secondary N) is 1. The predicted molar refractivity (Wildman–Crippen MR) is 112 cm³/mol. The van der Waals surface area contributed by atoms with Crippen LogP contribution in [0.1, 0.15) is 39.5 Å². The van der Waals surface area contributed by atoms with E-state index in [1.165, 1.54) is 24.2 Å². The van der Waals surface area contributed by atoms with Gasteiger partial charge in [0.15, 0.2) is 0 Å². The maximum Gasteiger partial charge on any atom is 0.353 e. The summed E-state index contributed by atoms with van der Waals surface area (Å²) in [5, 5.41) is 23.5. The summed E-state index contributed by atoms with van der Waals surface area (Å²) in [5.74, 6) is -0.972. The molecule has 3 fully saturated rings. The van der Waals surface area contributed by atoms with Gasteiger partial charge in [0.25, 0.3) is 0 Å². The van der Waals surface area contributed by atoms with Gasteiger partial charge in [-0.15, -0.1) is 11.8 Å². The van der Waals surface area contributed by atoms with E-state index in [1.54, 1.807) is 18.7 Å². The van der Waals surface area contributed by atoms with Crippen LogP contribution in [0.2, 0.25) is 0 Å². The van der Waals surface area contributed by atoms with E-state index in [0.717, 1.165) is 50.0 Å². The highest BCUT2D eigenvalue weighted by Crippen LogP contribution is 2.51. The molecule has 0 aliphatic carbocycles. The van der Waals surface area contributed by atoms with Crippen LogP contribution >= 0.6 is 11.8 Å². The number of piperidine rings is 1. The molecule has 1 amide bonds. The third-order valence-electron chi connectivity index (χ3n) is 7.15. The molecule has 7 nitrogen and oxygen atoms in total. The van der Waals surface area contributed by atoms with Gasteiger partial charge in [0.1, 0.15) is 5.70 Å². The van der Waals surface area contributed by atoms with Crippen LogP contribution in [-0.2, 0) is 9.59 Å². The van der Waals surface area contributed by atoms with Crippen molar-refractivity contribution in [3.05, 3.63) is 10.6 Å². The number of hydrogen-bond donors (Lipinski definition) is 3. The Morgan fingerprint density at radius 3 is 2.69 bits per heavy atom. The summed E-state index contributed by atoms with van der Waals surface area (Å²) < 4.78 is 0. The van der Waals surface area contributed by atoms with Crippen LogP contribution in [0.5, 0.6) is 0 Å². The minimum Gasteiger partial charge on any atom is -0.477 e. The number of aliphatic hydroxyl groups is 1. The molecule has 162 valence electrons. The second-order valence-corrected chi connectivity index (χ2v) is 10.4. The number of β-lactam (4-membered cyclic amide) rings is 1. The predicted octanol–water partition coefficient (Wildman–Crippen LogP) is 1.34. The number of carboxylic acids is 1. The number of aliphatic carboxylic acids is 1. The summed E-state index contributed by atoms with van der Waals surface area (Å²) >= 11 is 1.66. The second kappa shape index (κ2) is 8.57. The molecule has 0 bridgehead atoms. The van der Waals surface area contributed by atoms with Gasteiger partial charge in [0.2, 0.25) is 5.91 Å². The zero-order chi connectivity index (χ0) is 20.7. The Morgan fingerprint density at radius 1 is 1.31 bits per heavy atom. The number of carboxylic acid groups (broad SMARTS) is 1. The van der Waals surface area contributed by atoms with Crippen molar-refractivity contribution in [2.45, 2.75) is 56.9 Å². The zero-order valence-electron chi connectivity index (χ0n) is 17.3. The number of likely N-dealkylation sites (tertiary alicyclic amines) is 1. The fourth-order valence-corrected chi connectivity index (χ4v) is 7.01. The molecule has 0 aromatic heterocycles. The molecule has 29 heavy (non-hydrogen) atoms. The molecule has 4 aliphatic heterocycles. The standard InChI is InChI=1S/C21H33N3O4S/c1-12-17-16(13(2)25)20(26)24(17)18(21(27)28)19(12)29-15-6-10-23(11-15)9-5-14-3-7-22-8-4-14/h12-17,22,25H,3-11H2,1-2H3,(H,27,28)/t12-,13?,15-,16-,17-/m1/s1. The van der Waals surface area contributed by atoms with Gasteiger partial charge in [-0.2, -0.15) is 0 Å². The molecule has 3 N–H and O–H groups in total. The fourth-order valence-electron chi connectivity index (χ4n) is 5.49. The van der Waals surface area contributed by atoms with E-state index in [0.29, 0.717) is 5.25 Å². The van der Waals surface area contributed by atoms with Gasteiger partial charge in [-0.3, -0.25) is 4.79 Å². The average Bonchev–Trinajstić information content (AvgIpc) is 3.22. The number of carbonyl (C=O) groups excluding carboxylic acids is 1. The molecular weight excluding hydrogens is 390 g/mol. The average molecular weight is 424 g/mol. The molecule has 3 saturated heterocycles. The molecule has 0 radical (unpaired) electrons. The highest BCUT2D eigenvalue weighted by Gasteiger charge is 2.60. The summed E-state index contributed by atoms with van der Waals surface area (Å²) in [4.78, 5) is 29.2. The second-order valence-electron chi connectivity index (χ2n) is 9.08. The van der Waals surface area contributed by atoms with Crippen molar-refractivity contribution in [3.8, 4) is 0 Å². The highest BCUT2D eigenvalue weighted by atomic mass is 32.2.